The lowest BCUT2D eigenvalue weighted by Crippen LogP contribution is -2.00. The van der Waals surface area contributed by atoms with Gasteiger partial charge in [-0.3, -0.25) is 0 Å². The molecule has 9 heteroatoms. The summed E-state index contributed by atoms with van der Waals surface area (Å²) in [4.78, 5) is 20.8. The summed E-state index contributed by atoms with van der Waals surface area (Å²) in [7, 11) is 0. The maximum atomic E-state index is 6.31. The van der Waals surface area contributed by atoms with Crippen LogP contribution in [-0.4, -0.2) is 24.9 Å². The van der Waals surface area contributed by atoms with Gasteiger partial charge in [0.1, 0.15) is 28.5 Å². The van der Waals surface area contributed by atoms with Crippen molar-refractivity contribution in [1.82, 2.24) is 24.9 Å². The number of anilines is 2. The van der Waals surface area contributed by atoms with Gasteiger partial charge in [-0.25, -0.2) is 19.9 Å². The summed E-state index contributed by atoms with van der Waals surface area (Å²) >= 11 is 18.9. The molecule has 0 saturated heterocycles. The Morgan fingerprint density at radius 3 is 2.41 bits per heavy atom. The topological polar surface area (TPSA) is 79.4 Å². The Hall–Kier alpha value is -2.41. The molecule has 0 spiro atoms. The highest BCUT2D eigenvalue weighted by Gasteiger charge is 2.17. The highest BCUT2D eigenvalue weighted by Crippen LogP contribution is 2.36. The fraction of sp³-hybridized carbons (Fsp3) is 0.111. The number of aryl methyl sites for hydroxylation is 2. The molecule has 6 nitrogen and oxygen atoms in total. The van der Waals surface area contributed by atoms with E-state index in [0.29, 0.717) is 54.9 Å². The molecule has 27 heavy (non-hydrogen) atoms. The van der Waals surface area contributed by atoms with Gasteiger partial charge in [0.15, 0.2) is 5.82 Å². The van der Waals surface area contributed by atoms with Crippen LogP contribution in [0.25, 0.3) is 22.4 Å². The summed E-state index contributed by atoms with van der Waals surface area (Å²) in [5.41, 5.74) is 2.64. The van der Waals surface area contributed by atoms with E-state index in [1.54, 1.807) is 18.2 Å². The van der Waals surface area contributed by atoms with Crippen LogP contribution < -0.4 is 5.32 Å². The lowest BCUT2D eigenvalue weighted by atomic mass is 10.2. The molecule has 0 saturated carbocycles. The van der Waals surface area contributed by atoms with Gasteiger partial charge in [0.2, 0.25) is 0 Å². The third-order valence-electron chi connectivity index (χ3n) is 3.89. The van der Waals surface area contributed by atoms with Crippen LogP contribution in [-0.2, 0) is 0 Å². The first kappa shape index (κ1) is 18.0. The molecule has 0 bridgehead atoms. The Morgan fingerprint density at radius 2 is 1.70 bits per heavy atom. The average molecular weight is 420 g/mol. The molecule has 0 atom stereocenters. The summed E-state index contributed by atoms with van der Waals surface area (Å²) in [6.45, 7) is 3.73. The van der Waals surface area contributed by atoms with Crippen molar-refractivity contribution in [3.05, 3.63) is 57.0 Å². The van der Waals surface area contributed by atoms with Crippen LogP contribution in [0.15, 0.2) is 30.5 Å². The molecule has 0 aliphatic carbocycles. The van der Waals surface area contributed by atoms with E-state index in [1.165, 1.54) is 6.20 Å². The highest BCUT2D eigenvalue weighted by atomic mass is 35.5. The zero-order valence-electron chi connectivity index (χ0n) is 14.3. The van der Waals surface area contributed by atoms with Gasteiger partial charge in [0, 0.05) is 11.8 Å². The van der Waals surface area contributed by atoms with E-state index in [9.17, 15) is 0 Å². The fourth-order valence-corrected chi connectivity index (χ4v) is 3.57. The Balaban J connectivity index is 1.86. The van der Waals surface area contributed by atoms with Crippen molar-refractivity contribution >= 4 is 57.5 Å². The lowest BCUT2D eigenvalue weighted by molar-refractivity contribution is 1.01. The van der Waals surface area contributed by atoms with E-state index in [0.717, 1.165) is 5.69 Å². The van der Waals surface area contributed by atoms with Crippen molar-refractivity contribution in [2.45, 2.75) is 13.8 Å². The van der Waals surface area contributed by atoms with E-state index >= 15 is 0 Å². The molecule has 4 aromatic rings. The molecule has 0 aliphatic heterocycles. The van der Waals surface area contributed by atoms with Crippen LogP contribution in [0, 0.1) is 13.8 Å². The number of imidazole rings is 1. The molecule has 0 aliphatic rings. The summed E-state index contributed by atoms with van der Waals surface area (Å²) in [6.07, 6.45) is 1.53. The summed E-state index contributed by atoms with van der Waals surface area (Å²) in [5, 5.41) is 4.58. The van der Waals surface area contributed by atoms with Gasteiger partial charge >= 0.3 is 0 Å². The quantitative estimate of drug-likeness (QED) is 0.443. The van der Waals surface area contributed by atoms with Gasteiger partial charge in [-0.15, -0.1) is 0 Å². The number of aromatic amines is 1. The standard InChI is InChI=1S/C18H13Cl3N6/c1-8-6-13(24-9(2)23-8)25-18-16-15(12(21)7-22-18)26-17(27-16)14-10(19)4-3-5-11(14)20/h3-7H,1-2H3,(H,26,27)(H,22,23,24,25). The molecule has 136 valence electrons. The molecule has 4 rings (SSSR count). The Labute approximate surface area is 170 Å². The van der Waals surface area contributed by atoms with Gasteiger partial charge in [0.05, 0.1) is 26.8 Å². The van der Waals surface area contributed by atoms with E-state index in [-0.39, 0.29) is 0 Å². The van der Waals surface area contributed by atoms with Crippen molar-refractivity contribution < 1.29 is 0 Å². The van der Waals surface area contributed by atoms with Crippen molar-refractivity contribution in [2.24, 2.45) is 0 Å². The van der Waals surface area contributed by atoms with Gasteiger partial charge in [0.25, 0.3) is 0 Å². The second-order valence-electron chi connectivity index (χ2n) is 5.93. The SMILES string of the molecule is Cc1cc(Nc2ncc(Cl)c3nc(-c4c(Cl)cccc4Cl)[nH]c23)nc(C)n1. The number of H-pyrrole nitrogens is 1. The number of rotatable bonds is 3. The number of aromatic nitrogens is 5. The Morgan fingerprint density at radius 1 is 0.963 bits per heavy atom. The van der Waals surface area contributed by atoms with E-state index in [4.69, 9.17) is 34.8 Å². The van der Waals surface area contributed by atoms with Crippen molar-refractivity contribution in [2.75, 3.05) is 5.32 Å². The fourth-order valence-electron chi connectivity index (χ4n) is 2.80. The number of benzene rings is 1. The smallest absolute Gasteiger partial charge is 0.157 e. The molecule has 0 fully saturated rings. The molecular weight excluding hydrogens is 407 g/mol. The minimum absolute atomic E-state index is 0.413. The largest absolute Gasteiger partial charge is 0.335 e. The molecular formula is C18H13Cl3N6. The lowest BCUT2D eigenvalue weighted by Gasteiger charge is -2.07. The van der Waals surface area contributed by atoms with Crippen LogP contribution in [0.3, 0.4) is 0 Å². The highest BCUT2D eigenvalue weighted by molar-refractivity contribution is 6.39. The van der Waals surface area contributed by atoms with Gasteiger partial charge in [-0.1, -0.05) is 40.9 Å². The van der Waals surface area contributed by atoms with Crippen LogP contribution >= 0.6 is 34.8 Å². The summed E-state index contributed by atoms with van der Waals surface area (Å²) in [6, 6.07) is 7.11. The van der Waals surface area contributed by atoms with E-state index in [1.807, 2.05) is 19.9 Å². The maximum Gasteiger partial charge on any atom is 0.157 e. The number of halogens is 3. The number of nitrogens with one attached hydrogen (secondary N) is 2. The molecule has 2 N–H and O–H groups in total. The second-order valence-corrected chi connectivity index (χ2v) is 7.15. The predicted octanol–water partition coefficient (Wildman–Crippen LogP) is 5.74. The third-order valence-corrected chi connectivity index (χ3v) is 4.79. The van der Waals surface area contributed by atoms with Gasteiger partial charge in [-0.05, 0) is 26.0 Å². The Kier molecular flexibility index (Phi) is 4.63. The molecule has 0 radical (unpaired) electrons. The van der Waals surface area contributed by atoms with Crippen LogP contribution in [0.5, 0.6) is 0 Å². The summed E-state index contributed by atoms with van der Waals surface area (Å²) < 4.78 is 0. The first-order valence-corrected chi connectivity index (χ1v) is 9.13. The molecule has 1 aromatic carbocycles. The normalized spacial score (nSPS) is 11.1. The number of hydrogen-bond donors (Lipinski definition) is 2. The third kappa shape index (κ3) is 3.43. The minimum Gasteiger partial charge on any atom is -0.335 e. The van der Waals surface area contributed by atoms with E-state index < -0.39 is 0 Å². The van der Waals surface area contributed by atoms with Crippen LogP contribution in [0.4, 0.5) is 11.6 Å². The van der Waals surface area contributed by atoms with E-state index in [2.05, 4.69) is 30.2 Å². The Bertz CT molecular complexity index is 1130. The number of nitrogens with zero attached hydrogens (tertiary/aromatic N) is 4. The molecule has 0 unspecified atom stereocenters. The average Bonchev–Trinajstić information content (AvgIpc) is 3.02. The number of hydrogen-bond acceptors (Lipinski definition) is 5. The molecule has 0 amide bonds. The number of fused-ring (bicyclic) bond motifs is 1. The maximum absolute atomic E-state index is 6.31. The van der Waals surface area contributed by atoms with Crippen LogP contribution in [0.2, 0.25) is 15.1 Å². The molecule has 3 aromatic heterocycles. The number of pyridine rings is 1. The second kappa shape index (κ2) is 6.96. The monoisotopic (exact) mass is 418 g/mol. The van der Waals surface area contributed by atoms with Crippen molar-refractivity contribution in [3.63, 3.8) is 0 Å². The zero-order valence-corrected chi connectivity index (χ0v) is 16.6. The zero-order chi connectivity index (χ0) is 19.1. The van der Waals surface area contributed by atoms with Crippen LogP contribution in [0.1, 0.15) is 11.5 Å². The van der Waals surface area contributed by atoms with Crippen molar-refractivity contribution in [3.8, 4) is 11.4 Å². The summed E-state index contributed by atoms with van der Waals surface area (Å²) in [5.74, 6) is 2.33. The first-order chi connectivity index (χ1) is 12.9. The minimum atomic E-state index is 0.413. The predicted molar refractivity (Wildman–Crippen MR) is 109 cm³/mol. The first-order valence-electron chi connectivity index (χ1n) is 8.00. The molecule has 3 heterocycles. The van der Waals surface area contributed by atoms with Gasteiger partial charge in [-0.2, -0.15) is 0 Å². The van der Waals surface area contributed by atoms with Crippen molar-refractivity contribution in [1.29, 1.82) is 0 Å². The van der Waals surface area contributed by atoms with Gasteiger partial charge < -0.3 is 10.3 Å².